The fraction of sp³-hybridized carbons (Fsp3) is 0.194. The lowest BCUT2D eigenvalue weighted by Crippen LogP contribution is -2.25. The van der Waals surface area contributed by atoms with E-state index in [1.807, 2.05) is 42.5 Å². The van der Waals surface area contributed by atoms with Gasteiger partial charge in [0.25, 0.3) is 5.91 Å². The molecule has 0 saturated carbocycles. The number of carboxylic acid groups (broad SMARTS) is 1. The zero-order chi connectivity index (χ0) is 28.8. The molecule has 1 unspecified atom stereocenters. The Morgan fingerprint density at radius 1 is 1.05 bits per heavy atom. The van der Waals surface area contributed by atoms with Gasteiger partial charge >= 0.3 is 6.16 Å². The fourth-order valence-corrected chi connectivity index (χ4v) is 4.64. The number of amides is 1. The number of hydrogen-bond donors (Lipinski definition) is 2. The van der Waals surface area contributed by atoms with E-state index >= 15 is 0 Å². The Labute approximate surface area is 241 Å². The minimum Gasteiger partial charge on any atom is -0.497 e. The van der Waals surface area contributed by atoms with Crippen molar-refractivity contribution in [2.45, 2.75) is 18.9 Å². The molecular weight excluding hydrogens is 548 g/mol. The van der Waals surface area contributed by atoms with E-state index in [2.05, 4.69) is 5.32 Å². The van der Waals surface area contributed by atoms with Gasteiger partial charge in [-0.15, -0.1) is 0 Å². The molecule has 1 atom stereocenters. The van der Waals surface area contributed by atoms with E-state index in [1.54, 1.807) is 43.5 Å². The fourth-order valence-electron chi connectivity index (χ4n) is 4.43. The van der Waals surface area contributed by atoms with Crippen LogP contribution in [0.5, 0.6) is 23.0 Å². The summed E-state index contributed by atoms with van der Waals surface area (Å²) in [6.07, 6.45) is -1.05. The summed E-state index contributed by atoms with van der Waals surface area (Å²) >= 11 is 6.40. The normalized spacial score (nSPS) is 13.9. The van der Waals surface area contributed by atoms with Crippen molar-refractivity contribution in [3.05, 3.63) is 101 Å². The van der Waals surface area contributed by atoms with Gasteiger partial charge in [0.05, 0.1) is 24.4 Å². The van der Waals surface area contributed by atoms with E-state index in [9.17, 15) is 9.59 Å². The maximum atomic E-state index is 12.7. The summed E-state index contributed by atoms with van der Waals surface area (Å²) in [6.45, 7) is 0.730. The molecule has 210 valence electrons. The Bertz CT molecular complexity index is 1540. The van der Waals surface area contributed by atoms with Crippen LogP contribution in [0.25, 0.3) is 11.3 Å². The largest absolute Gasteiger partial charge is 0.506 e. The number of pyridine rings is 1. The van der Waals surface area contributed by atoms with Crippen LogP contribution in [0.4, 0.5) is 4.79 Å². The molecule has 5 rings (SSSR count). The topological polar surface area (TPSA) is 116 Å². The van der Waals surface area contributed by atoms with Gasteiger partial charge in [0.15, 0.2) is 0 Å². The van der Waals surface area contributed by atoms with Gasteiger partial charge in [-0.05, 0) is 66.7 Å². The molecule has 4 aromatic rings. The minimum atomic E-state index is -1.36. The number of fused-ring (bicyclic) bond motifs is 1. The molecular formula is C31H27ClN2O7. The minimum absolute atomic E-state index is 0.215. The van der Waals surface area contributed by atoms with Gasteiger partial charge in [0.1, 0.15) is 29.1 Å². The van der Waals surface area contributed by atoms with Gasteiger partial charge in [-0.2, -0.15) is 0 Å². The third kappa shape index (κ3) is 6.88. The second-order valence-corrected chi connectivity index (χ2v) is 9.61. The number of aromatic nitrogens is 1. The second kappa shape index (κ2) is 12.6. The van der Waals surface area contributed by atoms with E-state index in [0.29, 0.717) is 54.4 Å². The molecule has 0 fully saturated rings. The predicted octanol–water partition coefficient (Wildman–Crippen LogP) is 6.69. The molecule has 1 aromatic heterocycles. The van der Waals surface area contributed by atoms with Crippen molar-refractivity contribution in [2.24, 2.45) is 0 Å². The molecule has 1 amide bonds. The highest BCUT2D eigenvalue weighted by Gasteiger charge is 2.27. The standard InChI is InChI=1S/C31H27ClN2O7/c1-38-22-9-5-19(6-10-22)26-4-2-3-21(34-26)13-15-33-30(35)20-7-11-23(12-8-20)40-29-18-28-24(17-25(29)32)27(14-16-39-28)41-31(36)37/h2-12,17-18,27H,13-16H2,1H3,(H,33,35)(H,36,37). The van der Waals surface area contributed by atoms with Crippen molar-refractivity contribution in [3.63, 3.8) is 0 Å². The first-order chi connectivity index (χ1) is 19.9. The van der Waals surface area contributed by atoms with Crippen LogP contribution in [-0.2, 0) is 11.2 Å². The predicted molar refractivity (Wildman–Crippen MR) is 152 cm³/mol. The van der Waals surface area contributed by atoms with Gasteiger partial charge < -0.3 is 29.4 Å². The quantitative estimate of drug-likeness (QED) is 0.212. The van der Waals surface area contributed by atoms with Crippen LogP contribution >= 0.6 is 11.6 Å². The highest BCUT2D eigenvalue weighted by molar-refractivity contribution is 6.32. The number of halogens is 1. The van der Waals surface area contributed by atoms with Gasteiger partial charge in [0.2, 0.25) is 0 Å². The highest BCUT2D eigenvalue weighted by atomic mass is 35.5. The molecule has 9 nitrogen and oxygen atoms in total. The lowest BCUT2D eigenvalue weighted by atomic mass is 10.0. The summed E-state index contributed by atoms with van der Waals surface area (Å²) in [6, 6.07) is 23.4. The van der Waals surface area contributed by atoms with Gasteiger partial charge in [-0.25, -0.2) is 4.79 Å². The first-order valence-electron chi connectivity index (χ1n) is 12.9. The van der Waals surface area contributed by atoms with E-state index in [4.69, 9.17) is 40.6 Å². The molecule has 41 heavy (non-hydrogen) atoms. The Morgan fingerprint density at radius 2 is 1.80 bits per heavy atom. The van der Waals surface area contributed by atoms with Crippen molar-refractivity contribution in [1.29, 1.82) is 0 Å². The lowest BCUT2D eigenvalue weighted by molar-refractivity contribution is 0.0326. The van der Waals surface area contributed by atoms with E-state index < -0.39 is 12.3 Å². The lowest BCUT2D eigenvalue weighted by Gasteiger charge is -2.25. The molecule has 2 heterocycles. The average molecular weight is 575 g/mol. The van der Waals surface area contributed by atoms with Crippen LogP contribution in [0.15, 0.2) is 78.9 Å². The summed E-state index contributed by atoms with van der Waals surface area (Å²) in [5, 5.41) is 12.2. The van der Waals surface area contributed by atoms with Gasteiger partial charge in [0, 0.05) is 47.8 Å². The van der Waals surface area contributed by atoms with Crippen LogP contribution in [0.3, 0.4) is 0 Å². The molecule has 1 aliphatic rings. The van der Waals surface area contributed by atoms with Crippen LogP contribution in [-0.4, -0.2) is 42.4 Å². The number of benzene rings is 3. The van der Waals surface area contributed by atoms with Gasteiger partial charge in [-0.3, -0.25) is 9.78 Å². The van der Waals surface area contributed by atoms with E-state index in [1.165, 1.54) is 0 Å². The van der Waals surface area contributed by atoms with E-state index in [0.717, 1.165) is 22.7 Å². The molecule has 2 N–H and O–H groups in total. The molecule has 0 radical (unpaired) electrons. The van der Waals surface area contributed by atoms with Gasteiger partial charge in [-0.1, -0.05) is 17.7 Å². The highest BCUT2D eigenvalue weighted by Crippen LogP contribution is 2.42. The Hall–Kier alpha value is -4.76. The number of nitrogens with zero attached hydrogens (tertiary/aromatic N) is 1. The molecule has 0 bridgehead atoms. The first kappa shape index (κ1) is 27.8. The van der Waals surface area contributed by atoms with Crippen LogP contribution in [0.1, 0.15) is 34.1 Å². The maximum absolute atomic E-state index is 12.7. The molecule has 0 spiro atoms. The smallest absolute Gasteiger partial charge is 0.497 e. The molecule has 10 heteroatoms. The Balaban J connectivity index is 1.16. The number of rotatable bonds is 9. The Kier molecular flexibility index (Phi) is 8.55. The van der Waals surface area contributed by atoms with Crippen molar-refractivity contribution < 1.29 is 33.6 Å². The van der Waals surface area contributed by atoms with Crippen LogP contribution < -0.4 is 19.5 Å². The van der Waals surface area contributed by atoms with Crippen molar-refractivity contribution in [1.82, 2.24) is 10.3 Å². The first-order valence-corrected chi connectivity index (χ1v) is 13.3. The summed E-state index contributed by atoms with van der Waals surface area (Å²) in [5.74, 6) is 1.82. The van der Waals surface area contributed by atoms with Crippen molar-refractivity contribution in [3.8, 4) is 34.3 Å². The third-order valence-electron chi connectivity index (χ3n) is 6.50. The Morgan fingerprint density at radius 3 is 2.54 bits per heavy atom. The second-order valence-electron chi connectivity index (χ2n) is 9.21. The number of carbonyl (C=O) groups is 2. The summed E-state index contributed by atoms with van der Waals surface area (Å²) < 4.78 is 21.7. The zero-order valence-electron chi connectivity index (χ0n) is 22.1. The van der Waals surface area contributed by atoms with Crippen LogP contribution in [0, 0.1) is 0 Å². The summed E-state index contributed by atoms with van der Waals surface area (Å²) in [7, 11) is 1.63. The molecule has 1 aliphatic heterocycles. The zero-order valence-corrected chi connectivity index (χ0v) is 22.9. The molecule has 3 aromatic carbocycles. The summed E-state index contributed by atoms with van der Waals surface area (Å²) in [5.41, 5.74) is 3.73. The van der Waals surface area contributed by atoms with Crippen LogP contribution in [0.2, 0.25) is 5.02 Å². The number of carbonyl (C=O) groups excluding carboxylic acids is 1. The SMILES string of the molecule is COc1ccc(-c2cccc(CCNC(=O)c3ccc(Oc4cc5c(cc4Cl)C(OC(=O)O)CCO5)cc3)n2)cc1. The van der Waals surface area contributed by atoms with E-state index in [-0.39, 0.29) is 10.9 Å². The van der Waals surface area contributed by atoms with Crippen molar-refractivity contribution in [2.75, 3.05) is 20.3 Å². The molecule has 0 saturated heterocycles. The number of methoxy groups -OCH3 is 1. The third-order valence-corrected chi connectivity index (χ3v) is 6.79. The van der Waals surface area contributed by atoms with Crippen molar-refractivity contribution >= 4 is 23.7 Å². The number of hydrogen-bond acceptors (Lipinski definition) is 7. The molecule has 0 aliphatic carbocycles. The monoisotopic (exact) mass is 574 g/mol. The number of nitrogens with one attached hydrogen (secondary N) is 1. The summed E-state index contributed by atoms with van der Waals surface area (Å²) in [4.78, 5) is 28.4. The number of ether oxygens (including phenoxy) is 4. The average Bonchev–Trinajstić information content (AvgIpc) is 2.98. The maximum Gasteiger partial charge on any atom is 0.506 e.